The lowest BCUT2D eigenvalue weighted by atomic mass is 10.2. The smallest absolute Gasteiger partial charge is 0.307 e. The van der Waals surface area contributed by atoms with E-state index in [9.17, 15) is 4.79 Å². The normalized spacial score (nSPS) is 18.3. The van der Waals surface area contributed by atoms with Gasteiger partial charge in [-0.15, -0.1) is 0 Å². The Hall–Kier alpha value is -0.570. The van der Waals surface area contributed by atoms with Crippen molar-refractivity contribution in [2.24, 2.45) is 5.92 Å². The number of ether oxygens (including phenoxy) is 1. The first-order valence-corrected chi connectivity index (χ1v) is 5.11. The Morgan fingerprint density at radius 3 is 2.85 bits per heavy atom. The van der Waals surface area contributed by atoms with E-state index in [2.05, 4.69) is 5.32 Å². The summed E-state index contributed by atoms with van der Waals surface area (Å²) in [6.07, 6.45) is 3.18. The second kappa shape index (κ2) is 5.22. The Bertz CT molecular complexity index is 166. The van der Waals surface area contributed by atoms with Gasteiger partial charge in [0, 0.05) is 6.04 Å². The van der Waals surface area contributed by atoms with Gasteiger partial charge < -0.3 is 10.1 Å². The van der Waals surface area contributed by atoms with E-state index in [0.29, 0.717) is 13.0 Å². The zero-order chi connectivity index (χ0) is 9.68. The van der Waals surface area contributed by atoms with Crippen LogP contribution in [0.4, 0.5) is 0 Å². The highest BCUT2D eigenvalue weighted by atomic mass is 16.5. The van der Waals surface area contributed by atoms with Crippen molar-refractivity contribution in [3.63, 3.8) is 0 Å². The number of carbonyl (C=O) groups is 1. The first-order valence-electron chi connectivity index (χ1n) is 5.11. The van der Waals surface area contributed by atoms with E-state index in [0.717, 1.165) is 12.5 Å². The van der Waals surface area contributed by atoms with E-state index in [1.807, 2.05) is 13.8 Å². The van der Waals surface area contributed by atoms with E-state index in [4.69, 9.17) is 4.74 Å². The Morgan fingerprint density at radius 1 is 1.62 bits per heavy atom. The van der Waals surface area contributed by atoms with Gasteiger partial charge in [0.25, 0.3) is 0 Å². The second-order valence-corrected chi connectivity index (χ2v) is 3.76. The number of rotatable bonds is 6. The molecule has 1 fully saturated rings. The largest absolute Gasteiger partial charge is 0.466 e. The highest BCUT2D eigenvalue weighted by Crippen LogP contribution is 2.27. The van der Waals surface area contributed by atoms with Crippen LogP contribution < -0.4 is 5.32 Å². The minimum absolute atomic E-state index is 0.0988. The highest BCUT2D eigenvalue weighted by Gasteiger charge is 2.21. The molecule has 1 aliphatic rings. The maximum Gasteiger partial charge on any atom is 0.307 e. The van der Waals surface area contributed by atoms with Crippen LogP contribution >= 0.6 is 0 Å². The summed E-state index contributed by atoms with van der Waals surface area (Å²) in [4.78, 5) is 11.1. The molecule has 1 saturated carbocycles. The summed E-state index contributed by atoms with van der Waals surface area (Å²) < 4.78 is 4.86. The molecule has 0 aromatic carbocycles. The highest BCUT2D eigenvalue weighted by molar-refractivity contribution is 5.69. The summed E-state index contributed by atoms with van der Waals surface area (Å²) >= 11 is 0. The van der Waals surface area contributed by atoms with Crippen LogP contribution in [0.3, 0.4) is 0 Å². The van der Waals surface area contributed by atoms with Crippen LogP contribution in [-0.2, 0) is 9.53 Å². The van der Waals surface area contributed by atoms with Crippen molar-refractivity contribution in [2.45, 2.75) is 39.2 Å². The number of nitrogens with one attached hydrogen (secondary N) is 1. The van der Waals surface area contributed by atoms with Crippen LogP contribution in [0.15, 0.2) is 0 Å². The molecule has 1 aliphatic carbocycles. The topological polar surface area (TPSA) is 38.3 Å². The number of hydrogen-bond donors (Lipinski definition) is 1. The van der Waals surface area contributed by atoms with Crippen molar-refractivity contribution in [3.05, 3.63) is 0 Å². The number of hydrogen-bond acceptors (Lipinski definition) is 3. The monoisotopic (exact) mass is 185 g/mol. The SMILES string of the molecule is CCOC(=O)CC(C)NCC1CC1. The molecule has 1 rings (SSSR count). The minimum atomic E-state index is -0.0988. The van der Waals surface area contributed by atoms with Crippen molar-refractivity contribution < 1.29 is 9.53 Å². The van der Waals surface area contributed by atoms with E-state index in [1.165, 1.54) is 12.8 Å². The average molecular weight is 185 g/mol. The molecule has 0 spiro atoms. The number of carbonyl (C=O) groups excluding carboxylic acids is 1. The quantitative estimate of drug-likeness (QED) is 0.634. The Kier molecular flexibility index (Phi) is 4.22. The Balaban J connectivity index is 2.01. The van der Waals surface area contributed by atoms with Crippen LogP contribution in [0.1, 0.15) is 33.1 Å². The first-order chi connectivity index (χ1) is 6.22. The summed E-state index contributed by atoms with van der Waals surface area (Å²) in [6.45, 7) is 5.40. The predicted octanol–water partition coefficient (Wildman–Crippen LogP) is 1.33. The van der Waals surface area contributed by atoms with Crippen molar-refractivity contribution >= 4 is 5.97 Å². The third-order valence-electron chi connectivity index (χ3n) is 2.23. The zero-order valence-electron chi connectivity index (χ0n) is 8.51. The molecule has 0 aliphatic heterocycles. The van der Waals surface area contributed by atoms with Crippen LogP contribution in [0.2, 0.25) is 0 Å². The van der Waals surface area contributed by atoms with Gasteiger partial charge in [-0.3, -0.25) is 4.79 Å². The summed E-state index contributed by atoms with van der Waals surface area (Å²) in [6, 6.07) is 0.250. The van der Waals surface area contributed by atoms with Gasteiger partial charge in [0.15, 0.2) is 0 Å². The van der Waals surface area contributed by atoms with Crippen LogP contribution in [-0.4, -0.2) is 25.2 Å². The Labute approximate surface area is 79.8 Å². The van der Waals surface area contributed by atoms with Crippen molar-refractivity contribution in [1.82, 2.24) is 5.32 Å². The average Bonchev–Trinajstić information content (AvgIpc) is 2.84. The van der Waals surface area contributed by atoms with Crippen molar-refractivity contribution in [3.8, 4) is 0 Å². The molecule has 3 heteroatoms. The lowest BCUT2D eigenvalue weighted by Crippen LogP contribution is -2.30. The van der Waals surface area contributed by atoms with Gasteiger partial charge in [-0.25, -0.2) is 0 Å². The molecule has 3 nitrogen and oxygen atoms in total. The summed E-state index contributed by atoms with van der Waals surface area (Å²) in [7, 11) is 0. The Morgan fingerprint density at radius 2 is 2.31 bits per heavy atom. The molecule has 0 aromatic rings. The fourth-order valence-electron chi connectivity index (χ4n) is 1.23. The molecular weight excluding hydrogens is 166 g/mol. The van der Waals surface area contributed by atoms with E-state index < -0.39 is 0 Å². The molecule has 0 amide bonds. The van der Waals surface area contributed by atoms with Gasteiger partial charge in [0.05, 0.1) is 13.0 Å². The second-order valence-electron chi connectivity index (χ2n) is 3.76. The predicted molar refractivity (Wildman–Crippen MR) is 51.4 cm³/mol. The standard InChI is InChI=1S/C10H19NO2/c1-3-13-10(12)6-8(2)11-7-9-4-5-9/h8-9,11H,3-7H2,1-2H3. The van der Waals surface area contributed by atoms with Crippen LogP contribution in [0.25, 0.3) is 0 Å². The molecule has 1 N–H and O–H groups in total. The molecule has 76 valence electrons. The van der Waals surface area contributed by atoms with Crippen molar-refractivity contribution in [1.29, 1.82) is 0 Å². The van der Waals surface area contributed by atoms with Gasteiger partial charge in [-0.1, -0.05) is 0 Å². The first kappa shape index (κ1) is 10.5. The van der Waals surface area contributed by atoms with Gasteiger partial charge in [0.1, 0.15) is 0 Å². The third-order valence-corrected chi connectivity index (χ3v) is 2.23. The van der Waals surface area contributed by atoms with Crippen molar-refractivity contribution in [2.75, 3.05) is 13.2 Å². The molecular formula is C10H19NO2. The van der Waals surface area contributed by atoms with Crippen LogP contribution in [0, 0.1) is 5.92 Å². The van der Waals surface area contributed by atoms with Crippen LogP contribution in [0.5, 0.6) is 0 Å². The molecule has 1 unspecified atom stereocenters. The minimum Gasteiger partial charge on any atom is -0.466 e. The molecule has 0 heterocycles. The van der Waals surface area contributed by atoms with Gasteiger partial charge in [-0.05, 0) is 39.2 Å². The van der Waals surface area contributed by atoms with E-state index in [-0.39, 0.29) is 12.0 Å². The molecule has 0 aromatic heterocycles. The van der Waals surface area contributed by atoms with Gasteiger partial charge in [-0.2, -0.15) is 0 Å². The van der Waals surface area contributed by atoms with E-state index >= 15 is 0 Å². The van der Waals surface area contributed by atoms with E-state index in [1.54, 1.807) is 0 Å². The molecule has 13 heavy (non-hydrogen) atoms. The zero-order valence-corrected chi connectivity index (χ0v) is 8.51. The molecule has 1 atom stereocenters. The lowest BCUT2D eigenvalue weighted by molar-refractivity contribution is -0.143. The maximum atomic E-state index is 11.1. The van der Waals surface area contributed by atoms with Gasteiger partial charge in [0.2, 0.25) is 0 Å². The number of esters is 1. The third kappa shape index (κ3) is 4.88. The fourth-order valence-corrected chi connectivity index (χ4v) is 1.23. The summed E-state index contributed by atoms with van der Waals surface area (Å²) in [5.41, 5.74) is 0. The lowest BCUT2D eigenvalue weighted by Gasteiger charge is -2.12. The summed E-state index contributed by atoms with van der Waals surface area (Å²) in [5, 5.41) is 3.33. The molecule has 0 saturated heterocycles. The molecule has 0 radical (unpaired) electrons. The maximum absolute atomic E-state index is 11.1. The van der Waals surface area contributed by atoms with Gasteiger partial charge >= 0.3 is 5.97 Å². The fraction of sp³-hybridized carbons (Fsp3) is 0.900. The molecule has 0 bridgehead atoms. The summed E-state index contributed by atoms with van der Waals surface area (Å²) in [5.74, 6) is 0.767.